The number of rotatable bonds is 3. The molecule has 0 spiro atoms. The first-order chi connectivity index (χ1) is 10.1. The number of nitrogens with zero attached hydrogens (tertiary/aromatic N) is 3. The van der Waals surface area contributed by atoms with E-state index >= 15 is 0 Å². The predicted molar refractivity (Wildman–Crippen MR) is 73.8 cm³/mol. The van der Waals surface area contributed by atoms with Crippen molar-refractivity contribution in [2.45, 2.75) is 25.4 Å². The number of halogens is 1. The first kappa shape index (κ1) is 13.5. The van der Waals surface area contributed by atoms with Gasteiger partial charge in [0.1, 0.15) is 11.5 Å². The average Bonchev–Trinajstić information content (AvgIpc) is 3.03. The molecule has 0 unspecified atom stereocenters. The zero-order chi connectivity index (χ0) is 14.8. The van der Waals surface area contributed by atoms with Crippen LogP contribution >= 0.6 is 0 Å². The van der Waals surface area contributed by atoms with E-state index in [2.05, 4.69) is 20.8 Å². The normalized spacial score (nSPS) is 16.6. The first-order valence-corrected chi connectivity index (χ1v) is 6.80. The fourth-order valence-electron chi connectivity index (χ4n) is 2.58. The van der Waals surface area contributed by atoms with Crippen molar-refractivity contribution in [3.63, 3.8) is 0 Å². The van der Waals surface area contributed by atoms with Crippen LogP contribution in [0.4, 0.5) is 9.18 Å². The SMILES string of the molecule is Cn1ncc(CNC(=O)N[C@@H]2CCc3cc(F)ccc32)n1. The third-order valence-corrected chi connectivity index (χ3v) is 3.57. The number of benzene rings is 1. The van der Waals surface area contributed by atoms with Crippen LogP contribution in [0.2, 0.25) is 0 Å². The van der Waals surface area contributed by atoms with Gasteiger partial charge in [-0.1, -0.05) is 6.07 Å². The summed E-state index contributed by atoms with van der Waals surface area (Å²) in [7, 11) is 1.72. The van der Waals surface area contributed by atoms with Gasteiger partial charge in [-0.3, -0.25) is 0 Å². The highest BCUT2D eigenvalue weighted by Gasteiger charge is 2.24. The molecule has 0 saturated carbocycles. The maximum atomic E-state index is 13.1. The number of hydrogen-bond donors (Lipinski definition) is 2. The molecule has 2 aromatic rings. The van der Waals surface area contributed by atoms with Gasteiger partial charge < -0.3 is 10.6 Å². The van der Waals surface area contributed by atoms with E-state index in [4.69, 9.17) is 0 Å². The van der Waals surface area contributed by atoms with E-state index in [1.807, 2.05) is 0 Å². The smallest absolute Gasteiger partial charge is 0.315 e. The molecular weight excluding hydrogens is 273 g/mol. The minimum Gasteiger partial charge on any atom is -0.332 e. The summed E-state index contributed by atoms with van der Waals surface area (Å²) in [6.07, 6.45) is 3.17. The van der Waals surface area contributed by atoms with Gasteiger partial charge in [-0.25, -0.2) is 9.18 Å². The standard InChI is InChI=1S/C14H16FN5O/c1-20-17-8-11(19-20)7-16-14(21)18-13-5-2-9-6-10(15)3-4-12(9)13/h3-4,6,8,13H,2,5,7H2,1H3,(H2,16,18,21)/t13-/m1/s1. The van der Waals surface area contributed by atoms with Crippen LogP contribution < -0.4 is 10.6 Å². The van der Waals surface area contributed by atoms with Gasteiger partial charge in [-0.05, 0) is 36.1 Å². The summed E-state index contributed by atoms with van der Waals surface area (Å²) in [4.78, 5) is 13.3. The van der Waals surface area contributed by atoms with Crippen molar-refractivity contribution in [3.05, 3.63) is 47.0 Å². The molecule has 0 saturated heterocycles. The largest absolute Gasteiger partial charge is 0.332 e. The Morgan fingerprint density at radius 2 is 2.38 bits per heavy atom. The van der Waals surface area contributed by atoms with E-state index in [-0.39, 0.29) is 17.9 Å². The summed E-state index contributed by atoms with van der Waals surface area (Å²) in [5, 5.41) is 13.7. The van der Waals surface area contributed by atoms with E-state index < -0.39 is 0 Å². The van der Waals surface area contributed by atoms with Crippen LogP contribution in [0.15, 0.2) is 24.4 Å². The zero-order valence-electron chi connectivity index (χ0n) is 11.6. The fourth-order valence-corrected chi connectivity index (χ4v) is 2.58. The van der Waals surface area contributed by atoms with Crippen LogP contribution in [0.5, 0.6) is 0 Å². The number of carbonyl (C=O) groups is 1. The van der Waals surface area contributed by atoms with Crippen molar-refractivity contribution in [2.24, 2.45) is 7.05 Å². The third-order valence-electron chi connectivity index (χ3n) is 3.57. The van der Waals surface area contributed by atoms with E-state index in [1.165, 1.54) is 16.9 Å². The monoisotopic (exact) mass is 289 g/mol. The van der Waals surface area contributed by atoms with Gasteiger partial charge in [0.15, 0.2) is 0 Å². The van der Waals surface area contributed by atoms with Gasteiger partial charge in [0.05, 0.1) is 18.8 Å². The van der Waals surface area contributed by atoms with Crippen LogP contribution in [0.1, 0.15) is 29.3 Å². The van der Waals surface area contributed by atoms with E-state index in [1.54, 1.807) is 19.3 Å². The maximum absolute atomic E-state index is 13.1. The molecule has 0 bridgehead atoms. The van der Waals surface area contributed by atoms with Crippen molar-refractivity contribution in [1.29, 1.82) is 0 Å². The predicted octanol–water partition coefficient (Wildman–Crippen LogP) is 1.44. The number of nitrogens with one attached hydrogen (secondary N) is 2. The third kappa shape index (κ3) is 3.01. The number of carbonyl (C=O) groups excluding carboxylic acids is 1. The molecule has 3 rings (SSSR count). The number of hydrogen-bond acceptors (Lipinski definition) is 3. The summed E-state index contributed by atoms with van der Waals surface area (Å²) < 4.78 is 13.1. The van der Waals surface area contributed by atoms with Gasteiger partial charge >= 0.3 is 6.03 Å². The van der Waals surface area contributed by atoms with E-state index in [0.717, 1.165) is 24.0 Å². The lowest BCUT2D eigenvalue weighted by Crippen LogP contribution is -2.37. The Balaban J connectivity index is 1.57. The molecule has 0 radical (unpaired) electrons. The molecule has 1 aromatic carbocycles. The highest BCUT2D eigenvalue weighted by atomic mass is 19.1. The van der Waals surface area contributed by atoms with Gasteiger partial charge in [0.25, 0.3) is 0 Å². The maximum Gasteiger partial charge on any atom is 0.315 e. The Morgan fingerprint density at radius 3 is 3.14 bits per heavy atom. The Kier molecular flexibility index (Phi) is 3.55. The fraction of sp³-hybridized carbons (Fsp3) is 0.357. The Hall–Kier alpha value is -2.44. The van der Waals surface area contributed by atoms with Gasteiger partial charge in [0.2, 0.25) is 0 Å². The van der Waals surface area contributed by atoms with Crippen LogP contribution in [0, 0.1) is 5.82 Å². The molecule has 0 fully saturated rings. The Bertz CT molecular complexity index is 669. The number of aryl methyl sites for hydroxylation is 2. The molecule has 1 aliphatic rings. The Labute approximate surface area is 121 Å². The molecule has 6 nitrogen and oxygen atoms in total. The lowest BCUT2D eigenvalue weighted by Gasteiger charge is -2.14. The van der Waals surface area contributed by atoms with Gasteiger partial charge in [-0.2, -0.15) is 15.0 Å². The van der Waals surface area contributed by atoms with Crippen molar-refractivity contribution < 1.29 is 9.18 Å². The van der Waals surface area contributed by atoms with Crippen molar-refractivity contribution in [1.82, 2.24) is 25.6 Å². The second-order valence-electron chi connectivity index (χ2n) is 5.09. The molecule has 1 aromatic heterocycles. The van der Waals surface area contributed by atoms with E-state index in [9.17, 15) is 9.18 Å². The number of urea groups is 1. The van der Waals surface area contributed by atoms with Crippen molar-refractivity contribution in [2.75, 3.05) is 0 Å². The molecule has 1 aliphatic carbocycles. The van der Waals surface area contributed by atoms with Gasteiger partial charge in [0, 0.05) is 7.05 Å². The second-order valence-corrected chi connectivity index (χ2v) is 5.09. The highest BCUT2D eigenvalue weighted by Crippen LogP contribution is 2.31. The quantitative estimate of drug-likeness (QED) is 0.898. The van der Waals surface area contributed by atoms with Crippen molar-refractivity contribution in [3.8, 4) is 0 Å². The Morgan fingerprint density at radius 1 is 1.52 bits per heavy atom. The minimum absolute atomic E-state index is 0.0672. The zero-order valence-corrected chi connectivity index (χ0v) is 11.6. The molecule has 1 atom stereocenters. The van der Waals surface area contributed by atoms with Crippen LogP contribution in [0.25, 0.3) is 0 Å². The summed E-state index contributed by atoms with van der Waals surface area (Å²) in [6, 6.07) is 4.38. The van der Waals surface area contributed by atoms with E-state index in [0.29, 0.717) is 12.2 Å². The summed E-state index contributed by atoms with van der Waals surface area (Å²) >= 11 is 0. The molecule has 2 amide bonds. The summed E-state index contributed by atoms with van der Waals surface area (Å²) in [5.74, 6) is -0.235. The molecule has 0 aliphatic heterocycles. The molecule has 2 N–H and O–H groups in total. The van der Waals surface area contributed by atoms with Crippen molar-refractivity contribution >= 4 is 6.03 Å². The second kappa shape index (κ2) is 5.51. The summed E-state index contributed by atoms with van der Waals surface area (Å²) in [5.41, 5.74) is 2.65. The lowest BCUT2D eigenvalue weighted by molar-refractivity contribution is 0.236. The molecular formula is C14H16FN5O. The number of amides is 2. The average molecular weight is 289 g/mol. The topological polar surface area (TPSA) is 71.8 Å². The highest BCUT2D eigenvalue weighted by molar-refractivity contribution is 5.74. The van der Waals surface area contributed by atoms with Crippen LogP contribution in [-0.4, -0.2) is 21.0 Å². The minimum atomic E-state index is -0.261. The lowest BCUT2D eigenvalue weighted by atomic mass is 10.1. The van der Waals surface area contributed by atoms with Crippen LogP contribution in [0.3, 0.4) is 0 Å². The van der Waals surface area contributed by atoms with Gasteiger partial charge in [-0.15, -0.1) is 0 Å². The first-order valence-electron chi connectivity index (χ1n) is 6.80. The number of aromatic nitrogens is 3. The molecule has 7 heteroatoms. The molecule has 21 heavy (non-hydrogen) atoms. The molecule has 110 valence electrons. The van der Waals surface area contributed by atoms with Crippen LogP contribution in [-0.2, 0) is 20.0 Å². The summed E-state index contributed by atoms with van der Waals surface area (Å²) in [6.45, 7) is 0.322. The molecule has 1 heterocycles. The number of fused-ring (bicyclic) bond motifs is 1.